The number of halogens is 1. The Bertz CT molecular complexity index is 877. The number of pyridine rings is 1. The number of rotatable bonds is 5. The molecule has 0 aromatic carbocycles. The van der Waals surface area contributed by atoms with Gasteiger partial charge in [-0.15, -0.1) is 11.3 Å². The topological polar surface area (TPSA) is 95.5 Å². The molecule has 1 aliphatic heterocycles. The summed E-state index contributed by atoms with van der Waals surface area (Å²) in [5.74, 6) is 0.568. The number of sulfonamides is 1. The molecule has 0 spiro atoms. The Morgan fingerprint density at radius 3 is 2.65 bits per heavy atom. The van der Waals surface area contributed by atoms with Crippen molar-refractivity contribution in [3.05, 3.63) is 34.4 Å². The minimum atomic E-state index is -3.20. The summed E-state index contributed by atoms with van der Waals surface area (Å²) in [6.07, 6.45) is 2.91. The Morgan fingerprint density at radius 2 is 2.04 bits per heavy atom. The van der Waals surface area contributed by atoms with E-state index in [-0.39, 0.29) is 12.3 Å². The molecular weight excluding hydrogens is 398 g/mol. The van der Waals surface area contributed by atoms with Gasteiger partial charge >= 0.3 is 0 Å². The number of thiazole rings is 1. The fraction of sp³-hybridized carbons (Fsp3) is 0.400. The lowest BCUT2D eigenvalue weighted by Gasteiger charge is -2.33. The van der Waals surface area contributed by atoms with Gasteiger partial charge in [-0.1, -0.05) is 11.6 Å². The largest absolute Gasteiger partial charge is 0.340 e. The van der Waals surface area contributed by atoms with Crippen LogP contribution in [0.4, 0.5) is 10.9 Å². The first-order valence-electron chi connectivity index (χ1n) is 7.87. The minimum absolute atomic E-state index is 0.0559. The zero-order chi connectivity index (χ0) is 18.7. The third-order valence-electron chi connectivity index (χ3n) is 3.91. The van der Waals surface area contributed by atoms with Crippen LogP contribution in [0.15, 0.2) is 23.7 Å². The predicted molar refractivity (Wildman–Crippen MR) is 101 cm³/mol. The number of piperazine rings is 1. The number of amides is 1. The van der Waals surface area contributed by atoms with Crippen LogP contribution in [0.25, 0.3) is 0 Å². The highest BCUT2D eigenvalue weighted by atomic mass is 35.5. The average Bonchev–Trinajstić information content (AvgIpc) is 3.03. The summed E-state index contributed by atoms with van der Waals surface area (Å²) in [6.45, 7) is 1.46. The maximum Gasteiger partial charge on any atom is 0.228 e. The quantitative estimate of drug-likeness (QED) is 0.796. The molecule has 1 amide bonds. The average molecular weight is 416 g/mol. The number of aromatic nitrogens is 2. The van der Waals surface area contributed by atoms with Crippen molar-refractivity contribution in [2.75, 3.05) is 37.8 Å². The number of hydrogen-bond donors (Lipinski definition) is 1. The SMILES string of the molecule is CS(=O)(=O)N1CCN(C(=O)Cc2csc(Nc3ccc(Cl)cn3)n2)CC1. The Morgan fingerprint density at radius 1 is 1.31 bits per heavy atom. The maximum absolute atomic E-state index is 12.4. The normalized spacial score (nSPS) is 15.8. The van der Waals surface area contributed by atoms with Crippen molar-refractivity contribution < 1.29 is 13.2 Å². The standard InChI is InChI=1S/C15H18ClN5O3S2/c1-26(23,24)21-6-4-20(5-7-21)14(22)8-12-10-25-15(18-12)19-13-3-2-11(16)9-17-13/h2-3,9-10H,4-8H2,1H3,(H,17,18,19). The number of carbonyl (C=O) groups excluding carboxylic acids is 1. The summed E-state index contributed by atoms with van der Waals surface area (Å²) >= 11 is 7.19. The van der Waals surface area contributed by atoms with E-state index in [0.717, 1.165) is 0 Å². The van der Waals surface area contributed by atoms with Gasteiger partial charge in [0.05, 0.1) is 23.4 Å². The Kier molecular flexibility index (Phi) is 5.76. The third-order valence-corrected chi connectivity index (χ3v) is 6.24. The van der Waals surface area contributed by atoms with Gasteiger partial charge in [0, 0.05) is 37.8 Å². The van der Waals surface area contributed by atoms with Gasteiger partial charge in [-0.2, -0.15) is 4.31 Å². The van der Waals surface area contributed by atoms with Crippen molar-refractivity contribution in [3.63, 3.8) is 0 Å². The van der Waals surface area contributed by atoms with Crippen LogP contribution in [0.5, 0.6) is 0 Å². The molecule has 11 heteroatoms. The summed E-state index contributed by atoms with van der Waals surface area (Å²) < 4.78 is 24.4. The number of hydrogen-bond acceptors (Lipinski definition) is 7. The highest BCUT2D eigenvalue weighted by Crippen LogP contribution is 2.21. The van der Waals surface area contributed by atoms with Gasteiger partial charge in [0.1, 0.15) is 5.82 Å². The summed E-state index contributed by atoms with van der Waals surface area (Å²) in [6, 6.07) is 3.47. The molecule has 0 unspecified atom stereocenters. The summed E-state index contributed by atoms with van der Waals surface area (Å²) in [5.41, 5.74) is 0.669. The van der Waals surface area contributed by atoms with E-state index < -0.39 is 10.0 Å². The van der Waals surface area contributed by atoms with E-state index in [1.54, 1.807) is 17.0 Å². The van der Waals surface area contributed by atoms with Crippen LogP contribution in [0.1, 0.15) is 5.69 Å². The molecule has 1 aliphatic rings. The molecule has 0 aliphatic carbocycles. The van der Waals surface area contributed by atoms with Gasteiger partial charge in [0.2, 0.25) is 15.9 Å². The van der Waals surface area contributed by atoms with E-state index in [1.807, 2.05) is 5.38 Å². The molecule has 3 rings (SSSR count). The van der Waals surface area contributed by atoms with Crippen LogP contribution >= 0.6 is 22.9 Å². The van der Waals surface area contributed by atoms with Crippen LogP contribution in [-0.2, 0) is 21.2 Å². The van der Waals surface area contributed by atoms with Crippen LogP contribution in [0, 0.1) is 0 Å². The lowest BCUT2D eigenvalue weighted by atomic mass is 10.2. The molecule has 0 bridgehead atoms. The molecule has 26 heavy (non-hydrogen) atoms. The molecule has 0 radical (unpaired) electrons. The van der Waals surface area contributed by atoms with Crippen LogP contribution in [0.3, 0.4) is 0 Å². The number of nitrogens with zero attached hydrogens (tertiary/aromatic N) is 4. The van der Waals surface area contributed by atoms with E-state index in [2.05, 4.69) is 15.3 Å². The lowest BCUT2D eigenvalue weighted by molar-refractivity contribution is -0.131. The van der Waals surface area contributed by atoms with Gasteiger partial charge < -0.3 is 10.2 Å². The smallest absolute Gasteiger partial charge is 0.228 e. The van der Waals surface area contributed by atoms with Crippen molar-refractivity contribution >= 4 is 49.8 Å². The first-order valence-corrected chi connectivity index (χ1v) is 11.0. The van der Waals surface area contributed by atoms with E-state index in [9.17, 15) is 13.2 Å². The first kappa shape index (κ1) is 19.0. The predicted octanol–water partition coefficient (Wildman–Crippen LogP) is 1.58. The Hall–Kier alpha value is -1.75. The van der Waals surface area contributed by atoms with E-state index in [4.69, 9.17) is 11.6 Å². The molecule has 140 valence electrons. The van der Waals surface area contributed by atoms with Gasteiger partial charge in [0.15, 0.2) is 5.13 Å². The van der Waals surface area contributed by atoms with Crippen molar-refractivity contribution in [2.45, 2.75) is 6.42 Å². The second kappa shape index (κ2) is 7.87. The summed E-state index contributed by atoms with van der Waals surface area (Å²) in [4.78, 5) is 22.6. The first-order chi connectivity index (χ1) is 12.3. The van der Waals surface area contributed by atoms with E-state index in [1.165, 1.54) is 28.1 Å². The highest BCUT2D eigenvalue weighted by Gasteiger charge is 2.26. The minimum Gasteiger partial charge on any atom is -0.340 e. The zero-order valence-corrected chi connectivity index (χ0v) is 16.4. The molecule has 1 saturated heterocycles. The van der Waals surface area contributed by atoms with Crippen LogP contribution in [-0.4, -0.2) is 65.9 Å². The molecule has 2 aromatic rings. The van der Waals surface area contributed by atoms with Gasteiger partial charge in [-0.3, -0.25) is 4.79 Å². The number of carbonyl (C=O) groups is 1. The Labute approximate surface area is 160 Å². The zero-order valence-electron chi connectivity index (χ0n) is 14.1. The molecule has 1 fully saturated rings. The number of nitrogens with one attached hydrogen (secondary N) is 1. The van der Waals surface area contributed by atoms with Gasteiger partial charge in [-0.05, 0) is 12.1 Å². The van der Waals surface area contributed by atoms with Crippen molar-refractivity contribution in [2.24, 2.45) is 0 Å². The monoisotopic (exact) mass is 415 g/mol. The molecule has 8 nitrogen and oxygen atoms in total. The van der Waals surface area contributed by atoms with E-state index in [0.29, 0.717) is 47.8 Å². The summed E-state index contributed by atoms with van der Waals surface area (Å²) in [7, 11) is -3.20. The van der Waals surface area contributed by atoms with Crippen molar-refractivity contribution in [1.82, 2.24) is 19.2 Å². The lowest BCUT2D eigenvalue weighted by Crippen LogP contribution is -2.50. The number of anilines is 2. The van der Waals surface area contributed by atoms with Crippen LogP contribution < -0.4 is 5.32 Å². The molecular formula is C15H18ClN5O3S2. The second-order valence-corrected chi connectivity index (χ2v) is 9.13. The summed E-state index contributed by atoms with van der Waals surface area (Å²) in [5, 5.41) is 6.08. The fourth-order valence-electron chi connectivity index (χ4n) is 2.54. The Balaban J connectivity index is 1.54. The van der Waals surface area contributed by atoms with Crippen LogP contribution in [0.2, 0.25) is 5.02 Å². The van der Waals surface area contributed by atoms with E-state index >= 15 is 0 Å². The fourth-order valence-corrected chi connectivity index (χ4v) is 4.20. The van der Waals surface area contributed by atoms with Crippen molar-refractivity contribution in [1.29, 1.82) is 0 Å². The molecule has 0 saturated carbocycles. The third kappa shape index (κ3) is 4.91. The van der Waals surface area contributed by atoms with Gasteiger partial charge in [0.25, 0.3) is 0 Å². The molecule has 3 heterocycles. The maximum atomic E-state index is 12.4. The van der Waals surface area contributed by atoms with Gasteiger partial charge in [-0.25, -0.2) is 18.4 Å². The van der Waals surface area contributed by atoms with Crippen molar-refractivity contribution in [3.8, 4) is 0 Å². The molecule has 2 aromatic heterocycles. The molecule has 1 N–H and O–H groups in total. The molecule has 0 atom stereocenters. The highest BCUT2D eigenvalue weighted by molar-refractivity contribution is 7.88. The second-order valence-electron chi connectivity index (χ2n) is 5.85.